The molecule has 0 saturated carbocycles. The van der Waals surface area contributed by atoms with Gasteiger partial charge in [-0.2, -0.15) is 6.07 Å². The molecular weight excluding hydrogens is 245 g/mol. The molecule has 4 nitrogen and oxygen atoms in total. The van der Waals surface area contributed by atoms with Crippen molar-refractivity contribution in [2.75, 3.05) is 0 Å². The molecule has 1 heterocycles. The van der Waals surface area contributed by atoms with Crippen molar-refractivity contribution < 1.29 is 37.6 Å². The SMILES string of the molecule is [CH2-]c1ccc([N+](=O)[O-])c(C)n1.[CH3-].[Y]. The third kappa shape index (κ3) is 3.83. The number of pyridine rings is 1. The quantitative estimate of drug-likeness (QED) is 0.437. The van der Waals surface area contributed by atoms with E-state index in [4.69, 9.17) is 0 Å². The first-order chi connectivity index (χ1) is 5.11. The molecule has 0 spiro atoms. The molecule has 1 aromatic heterocycles. The fourth-order valence-corrected chi connectivity index (χ4v) is 0.799. The van der Waals surface area contributed by atoms with Crippen LogP contribution in [0.4, 0.5) is 5.69 Å². The van der Waals surface area contributed by atoms with Crippen molar-refractivity contribution in [3.8, 4) is 0 Å². The smallest absolute Gasteiger partial charge is 0.272 e. The van der Waals surface area contributed by atoms with Gasteiger partial charge in [0.1, 0.15) is 5.69 Å². The fraction of sp³-hybridized carbons (Fsp3) is 0.125. The third-order valence-corrected chi connectivity index (χ3v) is 1.31. The fourth-order valence-electron chi connectivity index (χ4n) is 0.799. The van der Waals surface area contributed by atoms with Crippen LogP contribution < -0.4 is 0 Å². The van der Waals surface area contributed by atoms with Crippen molar-refractivity contribution in [2.24, 2.45) is 0 Å². The van der Waals surface area contributed by atoms with E-state index >= 15 is 0 Å². The molecule has 1 radical (unpaired) electrons. The molecule has 0 aliphatic heterocycles. The number of hydrogen-bond acceptors (Lipinski definition) is 3. The van der Waals surface area contributed by atoms with E-state index in [1.54, 1.807) is 6.92 Å². The number of hydrogen-bond donors (Lipinski definition) is 0. The number of aryl methyl sites for hydroxylation is 1. The Hall–Kier alpha value is -0.476. The minimum Gasteiger partial charge on any atom is -0.358 e. The predicted octanol–water partition coefficient (Wildman–Crippen LogP) is 1.93. The van der Waals surface area contributed by atoms with Crippen LogP contribution in [0.15, 0.2) is 12.1 Å². The average Bonchev–Trinajstić information content (AvgIpc) is 1.85. The Morgan fingerprint density at radius 2 is 2.08 bits per heavy atom. The van der Waals surface area contributed by atoms with Crippen LogP contribution in [0.25, 0.3) is 0 Å². The van der Waals surface area contributed by atoms with Crippen molar-refractivity contribution in [2.45, 2.75) is 6.92 Å². The molecule has 0 unspecified atom stereocenters. The first-order valence-corrected chi connectivity index (χ1v) is 3.05. The topological polar surface area (TPSA) is 56.0 Å². The van der Waals surface area contributed by atoms with E-state index < -0.39 is 4.92 Å². The van der Waals surface area contributed by atoms with E-state index in [2.05, 4.69) is 11.9 Å². The minimum atomic E-state index is -0.457. The molecule has 13 heavy (non-hydrogen) atoms. The Kier molecular flexibility index (Phi) is 6.99. The van der Waals surface area contributed by atoms with Gasteiger partial charge >= 0.3 is 0 Å². The van der Waals surface area contributed by atoms with Gasteiger partial charge in [-0.1, -0.05) is 6.07 Å². The second-order valence-electron chi connectivity index (χ2n) is 2.16. The second-order valence-corrected chi connectivity index (χ2v) is 2.16. The first-order valence-electron chi connectivity index (χ1n) is 3.05. The summed E-state index contributed by atoms with van der Waals surface area (Å²) in [6.45, 7) is 5.14. The second kappa shape index (κ2) is 6.05. The number of rotatable bonds is 1. The van der Waals surface area contributed by atoms with E-state index in [0.29, 0.717) is 11.4 Å². The van der Waals surface area contributed by atoms with Gasteiger partial charge in [-0.3, -0.25) is 15.1 Å². The minimum absolute atomic E-state index is 0. The van der Waals surface area contributed by atoms with Crippen LogP contribution in [0.2, 0.25) is 0 Å². The van der Waals surface area contributed by atoms with Crippen LogP contribution >= 0.6 is 0 Å². The molecule has 0 aliphatic carbocycles. The van der Waals surface area contributed by atoms with Gasteiger partial charge in [0.15, 0.2) is 0 Å². The molecule has 1 rings (SSSR count). The summed E-state index contributed by atoms with van der Waals surface area (Å²) in [7, 11) is 0. The summed E-state index contributed by atoms with van der Waals surface area (Å²) in [5.74, 6) is 0. The molecule has 0 fully saturated rings. The molecule has 0 amide bonds. The molecule has 0 aliphatic rings. The van der Waals surface area contributed by atoms with Gasteiger partial charge in [-0.05, 0) is 6.92 Å². The summed E-state index contributed by atoms with van der Waals surface area (Å²) in [5, 5.41) is 10.3. The summed E-state index contributed by atoms with van der Waals surface area (Å²) in [5.41, 5.74) is 0.994. The Labute approximate surface area is 103 Å². The monoisotopic (exact) mass is 255 g/mol. The summed E-state index contributed by atoms with van der Waals surface area (Å²) in [4.78, 5) is 13.7. The van der Waals surface area contributed by atoms with Crippen molar-refractivity contribution in [1.82, 2.24) is 4.98 Å². The Morgan fingerprint density at radius 1 is 1.54 bits per heavy atom. The standard InChI is InChI=1S/C7H7N2O2.CH3.Y/c1-5-3-4-7(9(10)11)6(2)8-5;;/h3-4H,1H2,2H3;1H3;/q2*-1;. The van der Waals surface area contributed by atoms with Crippen LogP contribution in [-0.2, 0) is 32.7 Å². The van der Waals surface area contributed by atoms with Crippen LogP contribution in [-0.4, -0.2) is 9.91 Å². The zero-order chi connectivity index (χ0) is 8.43. The van der Waals surface area contributed by atoms with Crippen LogP contribution in [0.1, 0.15) is 11.4 Å². The molecule has 1 aromatic rings. The van der Waals surface area contributed by atoms with Crippen LogP contribution in [0.5, 0.6) is 0 Å². The first kappa shape index (κ1) is 15.0. The Balaban J connectivity index is 0. The molecular formula is C8H10N2O2Y-2. The third-order valence-electron chi connectivity index (χ3n) is 1.31. The van der Waals surface area contributed by atoms with Gasteiger partial charge in [-0.25, -0.2) is 6.92 Å². The molecule has 0 N–H and O–H groups in total. The van der Waals surface area contributed by atoms with Gasteiger partial charge in [0.2, 0.25) is 0 Å². The molecule has 0 bridgehead atoms. The van der Waals surface area contributed by atoms with E-state index in [1.165, 1.54) is 12.1 Å². The maximum Gasteiger partial charge on any atom is 0.272 e. The maximum atomic E-state index is 10.3. The summed E-state index contributed by atoms with van der Waals surface area (Å²) in [6.07, 6.45) is 0. The average molecular weight is 255 g/mol. The van der Waals surface area contributed by atoms with Gasteiger partial charge in [-0.15, -0.1) is 5.69 Å². The predicted molar refractivity (Wildman–Crippen MR) is 46.5 cm³/mol. The van der Waals surface area contributed by atoms with Gasteiger partial charge in [0.25, 0.3) is 5.69 Å². The van der Waals surface area contributed by atoms with E-state index in [1.807, 2.05) is 0 Å². The molecule has 0 saturated heterocycles. The number of aromatic nitrogens is 1. The molecule has 0 aromatic carbocycles. The largest absolute Gasteiger partial charge is 0.358 e. The molecule has 69 valence electrons. The van der Waals surface area contributed by atoms with Gasteiger partial charge in [0, 0.05) is 32.7 Å². The summed E-state index contributed by atoms with van der Waals surface area (Å²) < 4.78 is 0. The Bertz CT molecular complexity index is 302. The van der Waals surface area contributed by atoms with Crippen molar-refractivity contribution in [1.29, 1.82) is 0 Å². The zero-order valence-corrected chi connectivity index (χ0v) is 10.5. The normalized spacial score (nSPS) is 8.08. The van der Waals surface area contributed by atoms with E-state index in [0.717, 1.165) is 0 Å². The van der Waals surface area contributed by atoms with Gasteiger partial charge < -0.3 is 7.43 Å². The number of nitrogens with zero attached hydrogens (tertiary/aromatic N) is 2. The van der Waals surface area contributed by atoms with Crippen molar-refractivity contribution >= 4 is 5.69 Å². The van der Waals surface area contributed by atoms with Crippen LogP contribution in [0, 0.1) is 31.4 Å². The maximum absolute atomic E-state index is 10.3. The Morgan fingerprint density at radius 3 is 2.46 bits per heavy atom. The van der Waals surface area contributed by atoms with Crippen molar-refractivity contribution in [3.63, 3.8) is 0 Å². The summed E-state index contributed by atoms with van der Waals surface area (Å²) >= 11 is 0. The molecule has 5 heteroatoms. The molecule has 0 atom stereocenters. The van der Waals surface area contributed by atoms with Crippen molar-refractivity contribution in [3.05, 3.63) is 48.0 Å². The van der Waals surface area contributed by atoms with E-state index in [-0.39, 0.29) is 45.8 Å². The van der Waals surface area contributed by atoms with E-state index in [9.17, 15) is 10.1 Å². The summed E-state index contributed by atoms with van der Waals surface area (Å²) in [6, 6.07) is 2.93. The van der Waals surface area contributed by atoms with Crippen LogP contribution in [0.3, 0.4) is 0 Å². The number of nitro groups is 1. The zero-order valence-electron chi connectivity index (χ0n) is 7.65. The van der Waals surface area contributed by atoms with Gasteiger partial charge in [0.05, 0.1) is 4.92 Å².